The molecule has 0 saturated carbocycles. The van der Waals surface area contributed by atoms with Crippen LogP contribution in [0.5, 0.6) is 0 Å². The van der Waals surface area contributed by atoms with Gasteiger partial charge in [0.15, 0.2) is 0 Å². The molecule has 170 valence electrons. The molecule has 1 aliphatic heterocycles. The lowest BCUT2D eigenvalue weighted by atomic mass is 10.1. The Kier molecular flexibility index (Phi) is 5.42. The summed E-state index contributed by atoms with van der Waals surface area (Å²) in [7, 11) is 4.20. The Morgan fingerprint density at radius 1 is 1.15 bits per heavy atom. The van der Waals surface area contributed by atoms with Gasteiger partial charge in [-0.1, -0.05) is 18.7 Å². The van der Waals surface area contributed by atoms with Gasteiger partial charge in [0.1, 0.15) is 11.5 Å². The first kappa shape index (κ1) is 21.3. The molecule has 7 nitrogen and oxygen atoms in total. The highest BCUT2D eigenvalue weighted by Crippen LogP contribution is 2.30. The molecule has 0 radical (unpaired) electrons. The van der Waals surface area contributed by atoms with Gasteiger partial charge in [0.05, 0.1) is 22.9 Å². The number of nitrogens with one attached hydrogen (secondary N) is 2. The first-order valence-electron chi connectivity index (χ1n) is 11.4. The summed E-state index contributed by atoms with van der Waals surface area (Å²) >= 11 is 0. The summed E-state index contributed by atoms with van der Waals surface area (Å²) in [4.78, 5) is 12.9. The van der Waals surface area contributed by atoms with Crippen LogP contribution >= 0.6 is 0 Å². The summed E-state index contributed by atoms with van der Waals surface area (Å²) in [5.41, 5.74) is 6.19. The van der Waals surface area contributed by atoms with E-state index < -0.39 is 0 Å². The average molecular weight is 442 g/mol. The molecule has 0 spiro atoms. The van der Waals surface area contributed by atoms with E-state index in [-0.39, 0.29) is 0 Å². The number of aromatic amines is 2. The number of likely N-dealkylation sites (N-methyl/N-ethyl adjacent to an activating group) is 1. The Labute approximate surface area is 193 Å². The van der Waals surface area contributed by atoms with Crippen LogP contribution in [-0.2, 0) is 7.05 Å². The number of rotatable bonds is 4. The van der Waals surface area contributed by atoms with E-state index in [9.17, 15) is 0 Å². The minimum atomic E-state index is 0.892. The molecule has 1 fully saturated rings. The van der Waals surface area contributed by atoms with Crippen LogP contribution in [0.4, 0.5) is 5.69 Å². The van der Waals surface area contributed by atoms with Crippen molar-refractivity contribution in [1.82, 2.24) is 29.6 Å². The van der Waals surface area contributed by atoms with Crippen molar-refractivity contribution in [2.24, 2.45) is 7.05 Å². The van der Waals surface area contributed by atoms with Crippen LogP contribution in [0.1, 0.15) is 18.4 Å². The average Bonchev–Trinajstić information content (AvgIpc) is 3.51. The van der Waals surface area contributed by atoms with Crippen LogP contribution in [0.3, 0.4) is 0 Å². The Morgan fingerprint density at radius 3 is 2.64 bits per heavy atom. The summed E-state index contributed by atoms with van der Waals surface area (Å²) in [6, 6.07) is 8.72. The monoisotopic (exact) mass is 441 g/mol. The van der Waals surface area contributed by atoms with E-state index in [4.69, 9.17) is 0 Å². The molecule has 0 amide bonds. The van der Waals surface area contributed by atoms with Crippen LogP contribution in [0.15, 0.2) is 37.0 Å². The molecular weight excluding hydrogens is 410 g/mol. The van der Waals surface area contributed by atoms with Crippen molar-refractivity contribution in [3.8, 4) is 11.4 Å². The van der Waals surface area contributed by atoms with E-state index in [0.29, 0.717) is 0 Å². The molecule has 4 heterocycles. The van der Waals surface area contributed by atoms with Crippen molar-refractivity contribution in [3.63, 3.8) is 0 Å². The van der Waals surface area contributed by atoms with E-state index >= 15 is 0 Å². The van der Waals surface area contributed by atoms with E-state index in [1.54, 1.807) is 0 Å². The lowest BCUT2D eigenvalue weighted by molar-refractivity contribution is 0.313. The Bertz CT molecular complexity index is 1440. The SMILES string of the molecule is C=C(/C=c1/c(-c2cc3c(N4CCN(C)CC4)cccc3[nH]2)n[nH]/c1=C/C)c1cnc(C)n1C. The number of piperazine rings is 1. The van der Waals surface area contributed by atoms with Crippen LogP contribution in [-0.4, -0.2) is 62.9 Å². The molecular formula is C26H31N7. The second kappa shape index (κ2) is 8.41. The molecule has 2 N–H and O–H groups in total. The van der Waals surface area contributed by atoms with Crippen molar-refractivity contribution in [1.29, 1.82) is 0 Å². The third-order valence-electron chi connectivity index (χ3n) is 6.73. The molecule has 1 saturated heterocycles. The fourth-order valence-electron chi connectivity index (χ4n) is 4.57. The summed E-state index contributed by atoms with van der Waals surface area (Å²) in [5, 5.41) is 11.1. The molecule has 1 aromatic carbocycles. The zero-order chi connectivity index (χ0) is 23.1. The lowest BCUT2D eigenvalue weighted by Gasteiger charge is -2.34. The van der Waals surface area contributed by atoms with E-state index in [1.807, 2.05) is 33.2 Å². The minimum absolute atomic E-state index is 0.892. The molecule has 7 heteroatoms. The number of aromatic nitrogens is 5. The molecule has 4 aromatic rings. The molecule has 0 bridgehead atoms. The molecule has 5 rings (SSSR count). The molecule has 0 unspecified atom stereocenters. The zero-order valence-electron chi connectivity index (χ0n) is 19.8. The van der Waals surface area contributed by atoms with Crippen LogP contribution in [0.25, 0.3) is 40.0 Å². The first-order chi connectivity index (χ1) is 16.0. The summed E-state index contributed by atoms with van der Waals surface area (Å²) in [6.07, 6.45) is 6.01. The number of aryl methyl sites for hydroxylation is 1. The second-order valence-corrected chi connectivity index (χ2v) is 8.82. The highest BCUT2D eigenvalue weighted by Gasteiger charge is 2.18. The molecule has 0 aliphatic carbocycles. The largest absolute Gasteiger partial charge is 0.368 e. The number of imidazole rings is 1. The number of allylic oxidation sites excluding steroid dienone is 1. The number of benzene rings is 1. The zero-order valence-corrected chi connectivity index (χ0v) is 19.8. The van der Waals surface area contributed by atoms with Gasteiger partial charge in [0, 0.05) is 55.0 Å². The van der Waals surface area contributed by atoms with Crippen molar-refractivity contribution in [2.75, 3.05) is 38.1 Å². The van der Waals surface area contributed by atoms with Crippen molar-refractivity contribution >= 4 is 34.3 Å². The quantitative estimate of drug-likeness (QED) is 0.511. The Balaban J connectivity index is 1.60. The maximum atomic E-state index is 4.68. The third kappa shape index (κ3) is 3.78. The topological polar surface area (TPSA) is 68.8 Å². The second-order valence-electron chi connectivity index (χ2n) is 8.82. The normalized spacial score (nSPS) is 16.3. The summed E-state index contributed by atoms with van der Waals surface area (Å²) < 4.78 is 2.05. The number of H-pyrrole nitrogens is 2. The predicted octanol–water partition coefficient (Wildman–Crippen LogP) is 2.65. The van der Waals surface area contributed by atoms with Gasteiger partial charge in [-0.3, -0.25) is 5.10 Å². The Morgan fingerprint density at radius 2 is 1.94 bits per heavy atom. The van der Waals surface area contributed by atoms with Gasteiger partial charge in [0.25, 0.3) is 0 Å². The standard InChI is InChI=1S/C26H31N7/c1-6-21-20(14-17(2)25-16-27-18(3)32(25)5)26(30-29-21)23-15-19-22(28-23)8-7-9-24(19)33-12-10-31(4)11-13-33/h6-9,14-16,28-29H,2,10-13H2,1,3-5H3/b20-14+,21-6+. The molecule has 0 atom stereocenters. The first-order valence-corrected chi connectivity index (χ1v) is 11.4. The van der Waals surface area contributed by atoms with E-state index in [0.717, 1.165) is 70.7 Å². The van der Waals surface area contributed by atoms with Crippen molar-refractivity contribution < 1.29 is 0 Å². The fourth-order valence-corrected chi connectivity index (χ4v) is 4.57. The number of nitrogens with zero attached hydrogens (tertiary/aromatic N) is 5. The van der Waals surface area contributed by atoms with Crippen LogP contribution in [0, 0.1) is 6.92 Å². The number of hydrogen-bond donors (Lipinski definition) is 2. The van der Waals surface area contributed by atoms with Gasteiger partial charge >= 0.3 is 0 Å². The number of anilines is 1. The van der Waals surface area contributed by atoms with E-state index in [2.05, 4.69) is 78.5 Å². The predicted molar refractivity (Wildman–Crippen MR) is 136 cm³/mol. The maximum Gasteiger partial charge on any atom is 0.116 e. The number of hydrogen-bond acceptors (Lipinski definition) is 4. The molecule has 1 aliphatic rings. The Hall–Kier alpha value is -3.58. The van der Waals surface area contributed by atoms with Crippen LogP contribution < -0.4 is 15.5 Å². The highest BCUT2D eigenvalue weighted by atomic mass is 15.2. The van der Waals surface area contributed by atoms with Gasteiger partial charge in [-0.15, -0.1) is 0 Å². The minimum Gasteiger partial charge on any atom is -0.368 e. The van der Waals surface area contributed by atoms with Gasteiger partial charge < -0.3 is 19.4 Å². The van der Waals surface area contributed by atoms with Crippen molar-refractivity contribution in [3.05, 3.63) is 59.1 Å². The van der Waals surface area contributed by atoms with Gasteiger partial charge in [0.2, 0.25) is 0 Å². The van der Waals surface area contributed by atoms with Crippen LogP contribution in [0.2, 0.25) is 0 Å². The lowest BCUT2D eigenvalue weighted by Crippen LogP contribution is -2.44. The summed E-state index contributed by atoms with van der Waals surface area (Å²) in [6.45, 7) is 12.6. The maximum absolute atomic E-state index is 4.68. The highest BCUT2D eigenvalue weighted by molar-refractivity contribution is 5.96. The summed E-state index contributed by atoms with van der Waals surface area (Å²) in [5.74, 6) is 0.960. The van der Waals surface area contributed by atoms with E-state index in [1.165, 1.54) is 11.1 Å². The number of fused-ring (bicyclic) bond motifs is 1. The molecule has 33 heavy (non-hydrogen) atoms. The van der Waals surface area contributed by atoms with Gasteiger partial charge in [-0.05, 0) is 50.7 Å². The van der Waals surface area contributed by atoms with Gasteiger partial charge in [-0.25, -0.2) is 4.98 Å². The third-order valence-corrected chi connectivity index (χ3v) is 6.73. The van der Waals surface area contributed by atoms with Gasteiger partial charge in [-0.2, -0.15) is 5.10 Å². The van der Waals surface area contributed by atoms with Crippen molar-refractivity contribution in [2.45, 2.75) is 13.8 Å². The smallest absolute Gasteiger partial charge is 0.116 e. The fraction of sp³-hybridized carbons (Fsp3) is 0.308. The molecule has 3 aromatic heterocycles.